The minimum atomic E-state index is 0.663. The fourth-order valence-corrected chi connectivity index (χ4v) is 3.84. The predicted octanol–water partition coefficient (Wildman–Crippen LogP) is 1.13. The molecule has 1 aromatic rings. The van der Waals surface area contributed by atoms with Crippen LogP contribution in [0.15, 0.2) is 12.4 Å². The maximum Gasteiger partial charge on any atom is 0.225 e. The van der Waals surface area contributed by atoms with Crippen LogP contribution in [0.3, 0.4) is 0 Å². The average Bonchev–Trinajstić information content (AvgIpc) is 2.60. The van der Waals surface area contributed by atoms with Crippen molar-refractivity contribution in [3.63, 3.8) is 0 Å². The molecular formula is C13H17IN4O. The molecule has 0 aromatic carbocycles. The van der Waals surface area contributed by atoms with E-state index in [2.05, 4.69) is 42.4 Å². The van der Waals surface area contributed by atoms with Crippen molar-refractivity contribution in [1.82, 2.24) is 14.9 Å². The highest BCUT2D eigenvalue weighted by molar-refractivity contribution is 14.1. The van der Waals surface area contributed by atoms with Gasteiger partial charge in [0.05, 0.1) is 19.3 Å². The largest absolute Gasteiger partial charge is 0.378 e. The van der Waals surface area contributed by atoms with Gasteiger partial charge in [-0.3, -0.25) is 4.90 Å². The second kappa shape index (κ2) is 4.82. The van der Waals surface area contributed by atoms with Crippen molar-refractivity contribution in [1.29, 1.82) is 0 Å². The molecule has 19 heavy (non-hydrogen) atoms. The molecule has 3 aliphatic heterocycles. The van der Waals surface area contributed by atoms with Gasteiger partial charge < -0.3 is 9.64 Å². The number of anilines is 1. The van der Waals surface area contributed by atoms with Gasteiger partial charge in [0.25, 0.3) is 0 Å². The number of rotatable bonds is 2. The molecule has 3 saturated heterocycles. The van der Waals surface area contributed by atoms with Gasteiger partial charge >= 0.3 is 0 Å². The van der Waals surface area contributed by atoms with Gasteiger partial charge in [-0.05, 0) is 35.4 Å². The zero-order valence-corrected chi connectivity index (χ0v) is 12.9. The molecule has 6 heteroatoms. The summed E-state index contributed by atoms with van der Waals surface area (Å²) in [5.74, 6) is 0.891. The molecule has 0 amide bonds. The van der Waals surface area contributed by atoms with Gasteiger partial charge in [-0.1, -0.05) is 0 Å². The lowest BCUT2D eigenvalue weighted by molar-refractivity contribution is -0.0851. The van der Waals surface area contributed by atoms with Crippen LogP contribution in [-0.2, 0) is 4.74 Å². The summed E-state index contributed by atoms with van der Waals surface area (Å²) < 4.78 is 6.45. The Morgan fingerprint density at radius 1 is 1.05 bits per heavy atom. The Morgan fingerprint density at radius 3 is 2.21 bits per heavy atom. The van der Waals surface area contributed by atoms with E-state index >= 15 is 0 Å². The summed E-state index contributed by atoms with van der Waals surface area (Å²) >= 11 is 2.25. The van der Waals surface area contributed by atoms with E-state index in [4.69, 9.17) is 4.74 Å². The van der Waals surface area contributed by atoms with E-state index < -0.39 is 0 Å². The summed E-state index contributed by atoms with van der Waals surface area (Å²) in [6, 6.07) is 1.99. The molecule has 1 aromatic heterocycles. The number of hydrogen-bond donors (Lipinski definition) is 0. The first-order valence-corrected chi connectivity index (χ1v) is 7.97. The monoisotopic (exact) mass is 372 g/mol. The molecule has 4 rings (SSSR count). The van der Waals surface area contributed by atoms with E-state index in [1.807, 2.05) is 12.4 Å². The summed E-state index contributed by atoms with van der Waals surface area (Å²) in [5, 5.41) is 0. The summed E-state index contributed by atoms with van der Waals surface area (Å²) in [6.45, 7) is 3.97. The minimum Gasteiger partial charge on any atom is -0.378 e. The van der Waals surface area contributed by atoms with Gasteiger partial charge in [-0.2, -0.15) is 0 Å². The lowest BCUT2D eigenvalue weighted by atomic mass is 10.1. The molecular weight excluding hydrogens is 355 g/mol. The number of nitrogens with zero attached hydrogens (tertiary/aromatic N) is 4. The maximum absolute atomic E-state index is 5.36. The lowest BCUT2D eigenvalue weighted by Crippen LogP contribution is -2.62. The van der Waals surface area contributed by atoms with Crippen molar-refractivity contribution in [2.75, 3.05) is 31.2 Å². The summed E-state index contributed by atoms with van der Waals surface area (Å²) in [4.78, 5) is 14.0. The van der Waals surface area contributed by atoms with E-state index in [-0.39, 0.29) is 0 Å². The highest BCUT2D eigenvalue weighted by atomic mass is 127. The Bertz CT molecular complexity index is 450. The van der Waals surface area contributed by atoms with Gasteiger partial charge in [-0.15, -0.1) is 0 Å². The normalized spacial score (nSPS) is 31.5. The fourth-order valence-electron chi connectivity index (χ4n) is 3.56. The number of ether oxygens (including phenoxy) is 1. The first-order chi connectivity index (χ1) is 9.31. The van der Waals surface area contributed by atoms with Crippen LogP contribution in [0.2, 0.25) is 0 Å². The molecule has 2 atom stereocenters. The molecule has 3 fully saturated rings. The molecule has 0 saturated carbocycles. The second-order valence-corrected chi connectivity index (χ2v) is 6.88. The van der Waals surface area contributed by atoms with Crippen molar-refractivity contribution in [3.05, 3.63) is 16.0 Å². The van der Waals surface area contributed by atoms with E-state index in [9.17, 15) is 0 Å². The SMILES string of the molecule is Ic1cnc(N2CC3CCC(C2)N3C2COC2)nc1. The zero-order valence-electron chi connectivity index (χ0n) is 10.7. The molecule has 0 radical (unpaired) electrons. The first-order valence-electron chi connectivity index (χ1n) is 6.89. The quantitative estimate of drug-likeness (QED) is 0.729. The van der Waals surface area contributed by atoms with Crippen LogP contribution in [-0.4, -0.2) is 59.3 Å². The summed E-state index contributed by atoms with van der Waals surface area (Å²) in [6.07, 6.45) is 6.41. The number of fused-ring (bicyclic) bond motifs is 2. The summed E-state index contributed by atoms with van der Waals surface area (Å²) in [7, 11) is 0. The number of hydrogen-bond acceptors (Lipinski definition) is 5. The zero-order chi connectivity index (χ0) is 12.8. The highest BCUT2D eigenvalue weighted by Gasteiger charge is 2.45. The van der Waals surface area contributed by atoms with Crippen molar-refractivity contribution in [2.24, 2.45) is 0 Å². The predicted molar refractivity (Wildman–Crippen MR) is 80.2 cm³/mol. The van der Waals surface area contributed by atoms with E-state index in [0.29, 0.717) is 18.1 Å². The van der Waals surface area contributed by atoms with Crippen LogP contribution in [0.5, 0.6) is 0 Å². The Hall–Kier alpha value is -0.470. The third-order valence-corrected chi connectivity index (χ3v) is 5.03. The standard InChI is InChI=1S/C13H17IN4O/c14-9-3-15-13(16-4-9)17-5-10-1-2-11(6-17)18(10)12-7-19-8-12/h3-4,10-12H,1-2,5-8H2. The van der Waals surface area contributed by atoms with Crippen molar-refractivity contribution >= 4 is 28.5 Å². The van der Waals surface area contributed by atoms with Crippen LogP contribution < -0.4 is 4.90 Å². The number of piperazine rings is 1. The van der Waals surface area contributed by atoms with Crippen molar-refractivity contribution < 1.29 is 4.74 Å². The number of aromatic nitrogens is 2. The molecule has 0 spiro atoms. The highest BCUT2D eigenvalue weighted by Crippen LogP contribution is 2.34. The van der Waals surface area contributed by atoms with E-state index in [1.165, 1.54) is 12.8 Å². The van der Waals surface area contributed by atoms with E-state index in [0.717, 1.165) is 35.8 Å². The van der Waals surface area contributed by atoms with Gasteiger partial charge in [0.1, 0.15) is 0 Å². The molecule has 2 bridgehead atoms. The van der Waals surface area contributed by atoms with Crippen LogP contribution in [0.1, 0.15) is 12.8 Å². The second-order valence-electron chi connectivity index (χ2n) is 5.63. The Kier molecular flexibility index (Phi) is 3.12. The van der Waals surface area contributed by atoms with E-state index in [1.54, 1.807) is 0 Å². The average molecular weight is 372 g/mol. The topological polar surface area (TPSA) is 41.5 Å². The van der Waals surface area contributed by atoms with Gasteiger partial charge in [0, 0.05) is 41.1 Å². The third kappa shape index (κ3) is 2.13. The molecule has 2 unspecified atom stereocenters. The first kappa shape index (κ1) is 12.3. The molecule has 102 valence electrons. The van der Waals surface area contributed by atoms with Crippen LogP contribution in [0.4, 0.5) is 5.95 Å². The lowest BCUT2D eigenvalue weighted by Gasteiger charge is -2.47. The van der Waals surface area contributed by atoms with Gasteiger partial charge in [0.15, 0.2) is 0 Å². The van der Waals surface area contributed by atoms with Gasteiger partial charge in [0.2, 0.25) is 5.95 Å². The van der Waals surface area contributed by atoms with Crippen LogP contribution in [0, 0.1) is 3.57 Å². The Labute approximate surface area is 126 Å². The third-order valence-electron chi connectivity index (χ3n) is 4.47. The molecule has 0 aliphatic carbocycles. The minimum absolute atomic E-state index is 0.663. The molecule has 5 nitrogen and oxygen atoms in total. The van der Waals surface area contributed by atoms with Crippen LogP contribution in [0.25, 0.3) is 0 Å². The molecule has 3 aliphatic rings. The maximum atomic E-state index is 5.36. The smallest absolute Gasteiger partial charge is 0.225 e. The summed E-state index contributed by atoms with van der Waals surface area (Å²) in [5.41, 5.74) is 0. The van der Waals surface area contributed by atoms with Crippen LogP contribution >= 0.6 is 22.6 Å². The fraction of sp³-hybridized carbons (Fsp3) is 0.692. The molecule has 4 heterocycles. The van der Waals surface area contributed by atoms with Gasteiger partial charge in [-0.25, -0.2) is 9.97 Å². The Balaban J connectivity index is 1.52. The van der Waals surface area contributed by atoms with Crippen molar-refractivity contribution in [3.8, 4) is 0 Å². The Morgan fingerprint density at radius 2 is 1.68 bits per heavy atom. The number of halogens is 1. The molecule has 0 N–H and O–H groups in total. The van der Waals surface area contributed by atoms with Crippen molar-refractivity contribution in [2.45, 2.75) is 31.0 Å².